The van der Waals surface area contributed by atoms with Crippen molar-refractivity contribution in [3.8, 4) is 10.6 Å². The Balaban J connectivity index is 2.36. The Labute approximate surface area is 84.2 Å². The number of hydrogen-bond donors (Lipinski definition) is 0. The molecule has 2 aromatic heterocycles. The van der Waals surface area contributed by atoms with Gasteiger partial charge in [-0.05, 0) is 18.4 Å². The van der Waals surface area contributed by atoms with Crippen LogP contribution in [0.25, 0.3) is 10.6 Å². The van der Waals surface area contributed by atoms with Crippen LogP contribution in [0.1, 0.15) is 0 Å². The van der Waals surface area contributed by atoms with Crippen molar-refractivity contribution in [3.63, 3.8) is 0 Å². The molecule has 0 bridgehead atoms. The molecule has 0 unspecified atom stereocenters. The molecule has 3 nitrogen and oxygen atoms in total. The summed E-state index contributed by atoms with van der Waals surface area (Å²) in [4.78, 5) is 3.95. The largest absolute Gasteiger partial charge is 0.265 e. The lowest BCUT2D eigenvalue weighted by molar-refractivity contribution is 1.02. The van der Waals surface area contributed by atoms with Crippen molar-refractivity contribution >= 4 is 23.1 Å². The molecule has 0 atom stereocenters. The number of hydrogen-bond acceptors (Lipinski definition) is 5. The second-order valence-corrected chi connectivity index (χ2v) is 4.34. The quantitative estimate of drug-likeness (QED) is 0.711. The second-order valence-electron chi connectivity index (χ2n) is 2.31. The first-order valence-electron chi connectivity index (χ1n) is 3.68. The lowest BCUT2D eigenvalue weighted by Crippen LogP contribution is -1.76. The number of rotatable bonds is 2. The van der Waals surface area contributed by atoms with Crippen LogP contribution >= 0.6 is 23.1 Å². The molecular weight excluding hydrogens is 202 g/mol. The fourth-order valence-electron chi connectivity index (χ4n) is 0.903. The van der Waals surface area contributed by atoms with E-state index in [1.807, 2.05) is 18.4 Å². The van der Waals surface area contributed by atoms with Crippen LogP contribution in [0.5, 0.6) is 0 Å². The molecular formula is C8H7N3S2. The molecule has 0 N–H and O–H groups in total. The van der Waals surface area contributed by atoms with Crippen LogP contribution in [-0.2, 0) is 0 Å². The Bertz CT molecular complexity index is 385. The van der Waals surface area contributed by atoms with Crippen molar-refractivity contribution in [1.29, 1.82) is 0 Å². The Morgan fingerprint density at radius 2 is 2.00 bits per heavy atom. The maximum atomic E-state index is 4.08. The van der Waals surface area contributed by atoms with Gasteiger partial charge in [0.25, 0.3) is 0 Å². The van der Waals surface area contributed by atoms with E-state index >= 15 is 0 Å². The van der Waals surface area contributed by atoms with Gasteiger partial charge in [0.1, 0.15) is 5.01 Å². The van der Waals surface area contributed by atoms with E-state index < -0.39 is 0 Å². The third kappa shape index (κ3) is 1.87. The van der Waals surface area contributed by atoms with Gasteiger partial charge in [-0.25, -0.2) is 0 Å². The molecule has 13 heavy (non-hydrogen) atoms. The van der Waals surface area contributed by atoms with Gasteiger partial charge < -0.3 is 0 Å². The summed E-state index contributed by atoms with van der Waals surface area (Å²) < 4.78 is 0.992. The molecule has 0 saturated heterocycles. The third-order valence-corrected chi connectivity index (χ3v) is 3.46. The van der Waals surface area contributed by atoms with Crippen molar-refractivity contribution in [2.45, 2.75) is 4.34 Å². The van der Waals surface area contributed by atoms with Crippen LogP contribution < -0.4 is 0 Å². The average molecular weight is 209 g/mol. The number of nitrogens with zero attached hydrogens (tertiary/aromatic N) is 3. The van der Waals surface area contributed by atoms with Gasteiger partial charge in [0.2, 0.25) is 0 Å². The van der Waals surface area contributed by atoms with E-state index in [2.05, 4.69) is 15.2 Å². The van der Waals surface area contributed by atoms with Crippen molar-refractivity contribution < 1.29 is 0 Å². The molecule has 0 fully saturated rings. The van der Waals surface area contributed by atoms with Crippen LogP contribution in [0, 0.1) is 0 Å². The fourth-order valence-corrected chi connectivity index (χ4v) is 2.18. The minimum absolute atomic E-state index is 0.951. The Morgan fingerprint density at radius 3 is 2.62 bits per heavy atom. The van der Waals surface area contributed by atoms with Crippen molar-refractivity contribution in [2.75, 3.05) is 6.26 Å². The van der Waals surface area contributed by atoms with E-state index in [4.69, 9.17) is 0 Å². The molecule has 0 spiro atoms. The summed E-state index contributed by atoms with van der Waals surface area (Å²) in [5.41, 5.74) is 1.08. The monoisotopic (exact) mass is 209 g/mol. The number of aromatic nitrogens is 3. The van der Waals surface area contributed by atoms with Crippen molar-refractivity contribution in [1.82, 2.24) is 15.2 Å². The van der Waals surface area contributed by atoms with Crippen molar-refractivity contribution in [2.24, 2.45) is 0 Å². The topological polar surface area (TPSA) is 38.7 Å². The molecule has 0 aliphatic carbocycles. The summed E-state index contributed by atoms with van der Waals surface area (Å²) in [5.74, 6) is 0. The van der Waals surface area contributed by atoms with Crippen LogP contribution in [0.4, 0.5) is 0 Å². The third-order valence-electron chi connectivity index (χ3n) is 1.51. The van der Waals surface area contributed by atoms with Gasteiger partial charge in [-0.2, -0.15) is 0 Å². The average Bonchev–Trinajstić information content (AvgIpc) is 2.67. The van der Waals surface area contributed by atoms with E-state index in [1.54, 1.807) is 35.5 Å². The highest BCUT2D eigenvalue weighted by Gasteiger charge is 2.04. The van der Waals surface area contributed by atoms with E-state index in [1.165, 1.54) is 0 Å². The van der Waals surface area contributed by atoms with Crippen LogP contribution in [0.15, 0.2) is 28.9 Å². The van der Waals surface area contributed by atoms with Crippen molar-refractivity contribution in [3.05, 3.63) is 24.5 Å². The molecule has 0 aliphatic rings. The first kappa shape index (κ1) is 8.65. The fraction of sp³-hybridized carbons (Fsp3) is 0.125. The zero-order valence-electron chi connectivity index (χ0n) is 6.97. The number of pyridine rings is 1. The Morgan fingerprint density at radius 1 is 1.23 bits per heavy atom. The normalized spacial score (nSPS) is 10.2. The zero-order chi connectivity index (χ0) is 9.10. The van der Waals surface area contributed by atoms with Gasteiger partial charge in [-0.3, -0.25) is 4.98 Å². The maximum absolute atomic E-state index is 4.08. The molecule has 0 radical (unpaired) electrons. The highest BCUT2D eigenvalue weighted by atomic mass is 32.2. The van der Waals surface area contributed by atoms with E-state index in [0.717, 1.165) is 14.9 Å². The maximum Gasteiger partial charge on any atom is 0.174 e. The minimum atomic E-state index is 0.951. The molecule has 0 aromatic carbocycles. The second kappa shape index (κ2) is 3.85. The summed E-state index contributed by atoms with van der Waals surface area (Å²) in [6, 6.07) is 3.87. The summed E-state index contributed by atoms with van der Waals surface area (Å²) in [6.45, 7) is 0. The first-order chi connectivity index (χ1) is 6.40. The SMILES string of the molecule is CSc1nnc(-c2ccncc2)s1. The highest BCUT2D eigenvalue weighted by Crippen LogP contribution is 2.27. The summed E-state index contributed by atoms with van der Waals surface area (Å²) >= 11 is 3.21. The van der Waals surface area contributed by atoms with E-state index in [9.17, 15) is 0 Å². The molecule has 2 heterocycles. The molecule has 2 rings (SSSR count). The predicted octanol–water partition coefficient (Wildman–Crippen LogP) is 2.32. The summed E-state index contributed by atoms with van der Waals surface area (Å²) in [5, 5.41) is 9.05. The zero-order valence-corrected chi connectivity index (χ0v) is 8.60. The van der Waals surface area contributed by atoms with Crippen LogP contribution in [-0.4, -0.2) is 21.4 Å². The lowest BCUT2D eigenvalue weighted by Gasteiger charge is -1.90. The smallest absolute Gasteiger partial charge is 0.174 e. The number of thioether (sulfide) groups is 1. The van der Waals surface area contributed by atoms with Crippen LogP contribution in [0.3, 0.4) is 0 Å². The summed E-state index contributed by atoms with van der Waals surface area (Å²) in [6.07, 6.45) is 5.52. The standard InChI is InChI=1S/C8H7N3S2/c1-12-8-11-10-7(13-8)6-2-4-9-5-3-6/h2-5H,1H3. The molecule has 0 saturated carbocycles. The predicted molar refractivity (Wildman–Crippen MR) is 54.9 cm³/mol. The first-order valence-corrected chi connectivity index (χ1v) is 5.72. The molecule has 0 amide bonds. The van der Waals surface area contributed by atoms with Gasteiger partial charge in [-0.15, -0.1) is 10.2 Å². The molecule has 2 aromatic rings. The van der Waals surface area contributed by atoms with E-state index in [-0.39, 0.29) is 0 Å². The summed E-state index contributed by atoms with van der Waals surface area (Å²) in [7, 11) is 0. The van der Waals surface area contributed by atoms with Crippen LogP contribution in [0.2, 0.25) is 0 Å². The Hall–Kier alpha value is -0.940. The minimum Gasteiger partial charge on any atom is -0.265 e. The molecule has 66 valence electrons. The van der Waals surface area contributed by atoms with Gasteiger partial charge in [0.05, 0.1) is 0 Å². The van der Waals surface area contributed by atoms with Gasteiger partial charge >= 0.3 is 0 Å². The lowest BCUT2D eigenvalue weighted by atomic mass is 10.3. The van der Waals surface area contributed by atoms with E-state index in [0.29, 0.717) is 0 Å². The molecule has 0 aliphatic heterocycles. The molecule has 5 heteroatoms. The van der Waals surface area contributed by atoms with Gasteiger partial charge in [0.15, 0.2) is 4.34 Å². The Kier molecular flexibility index (Phi) is 2.56. The highest BCUT2D eigenvalue weighted by molar-refractivity contribution is 8.00. The van der Waals surface area contributed by atoms with Gasteiger partial charge in [-0.1, -0.05) is 23.1 Å². The van der Waals surface area contributed by atoms with Gasteiger partial charge in [0, 0.05) is 18.0 Å².